The second kappa shape index (κ2) is 8.64. The molecule has 1 aliphatic rings. The summed E-state index contributed by atoms with van der Waals surface area (Å²) in [5.74, 6) is -0.0142. The number of thioether (sulfide) groups is 1. The Bertz CT molecular complexity index is 785. The van der Waals surface area contributed by atoms with Gasteiger partial charge in [-0.3, -0.25) is 4.79 Å². The molecule has 0 aliphatic carbocycles. The fourth-order valence-electron chi connectivity index (χ4n) is 2.42. The second-order valence-corrected chi connectivity index (χ2v) is 9.31. The molecular weight excluding hydrogens is 398 g/mol. The number of amides is 1. The highest BCUT2D eigenvalue weighted by atomic mass is 35.5. The quantitative estimate of drug-likeness (QED) is 0.568. The topological polar surface area (TPSA) is 56.2 Å². The van der Waals surface area contributed by atoms with Gasteiger partial charge in [0.1, 0.15) is 0 Å². The minimum Gasteiger partial charge on any atom is -0.376 e. The number of ether oxygens (including phenoxy) is 1. The van der Waals surface area contributed by atoms with Crippen LogP contribution in [0.3, 0.4) is 0 Å². The standard InChI is InChI=1S/C16H18ClN3O2S3/c1-10(14(21)18-9-13-3-2-8-22-13)24-15-19-20(16(23)25-15)12-6-4-11(17)5-7-12/h4-7,10,13H,2-3,8-9H2,1H3,(H,18,21)/t10-,13+/m0/s1. The molecule has 1 fully saturated rings. The van der Waals surface area contributed by atoms with Crippen LogP contribution in [-0.4, -0.2) is 40.2 Å². The van der Waals surface area contributed by atoms with Crippen LogP contribution in [0, 0.1) is 3.95 Å². The molecule has 5 nitrogen and oxygen atoms in total. The highest BCUT2D eigenvalue weighted by Crippen LogP contribution is 2.28. The van der Waals surface area contributed by atoms with E-state index < -0.39 is 0 Å². The van der Waals surface area contributed by atoms with Crippen molar-refractivity contribution in [2.75, 3.05) is 13.2 Å². The van der Waals surface area contributed by atoms with Gasteiger partial charge in [0.25, 0.3) is 0 Å². The van der Waals surface area contributed by atoms with Crippen LogP contribution in [0.15, 0.2) is 28.6 Å². The molecule has 1 amide bonds. The van der Waals surface area contributed by atoms with Gasteiger partial charge in [-0.2, -0.15) is 0 Å². The van der Waals surface area contributed by atoms with E-state index >= 15 is 0 Å². The van der Waals surface area contributed by atoms with Crippen molar-refractivity contribution in [3.63, 3.8) is 0 Å². The molecular formula is C16H18ClN3O2S3. The Morgan fingerprint density at radius 2 is 2.32 bits per heavy atom. The Balaban J connectivity index is 1.60. The van der Waals surface area contributed by atoms with E-state index in [-0.39, 0.29) is 17.3 Å². The van der Waals surface area contributed by atoms with Crippen molar-refractivity contribution in [2.45, 2.75) is 35.5 Å². The first-order valence-corrected chi connectivity index (χ1v) is 10.4. The Hall–Kier alpha value is -0.930. The second-order valence-electron chi connectivity index (χ2n) is 5.66. The van der Waals surface area contributed by atoms with Crippen molar-refractivity contribution in [1.29, 1.82) is 0 Å². The number of hydrogen-bond donors (Lipinski definition) is 1. The molecule has 3 rings (SSSR count). The monoisotopic (exact) mass is 415 g/mol. The van der Waals surface area contributed by atoms with Gasteiger partial charge in [-0.25, -0.2) is 4.68 Å². The summed E-state index contributed by atoms with van der Waals surface area (Å²) in [6, 6.07) is 7.33. The van der Waals surface area contributed by atoms with Gasteiger partial charge in [0.15, 0.2) is 8.29 Å². The maximum Gasteiger partial charge on any atom is 0.233 e. The highest BCUT2D eigenvalue weighted by Gasteiger charge is 2.20. The van der Waals surface area contributed by atoms with Gasteiger partial charge >= 0.3 is 0 Å². The fourth-order valence-corrected chi connectivity index (χ4v) is 5.08. The predicted octanol–water partition coefficient (Wildman–Crippen LogP) is 4.09. The minimum atomic E-state index is -0.249. The molecule has 2 aromatic rings. The number of carbonyl (C=O) groups excluding carboxylic acids is 1. The van der Waals surface area contributed by atoms with Crippen molar-refractivity contribution < 1.29 is 9.53 Å². The van der Waals surface area contributed by atoms with Crippen LogP contribution in [0.25, 0.3) is 5.69 Å². The van der Waals surface area contributed by atoms with E-state index in [0.29, 0.717) is 15.5 Å². The molecule has 1 aromatic heterocycles. The highest BCUT2D eigenvalue weighted by molar-refractivity contribution is 8.02. The zero-order valence-corrected chi connectivity index (χ0v) is 16.8. The first-order chi connectivity index (χ1) is 12.0. The summed E-state index contributed by atoms with van der Waals surface area (Å²) in [6.45, 7) is 3.22. The van der Waals surface area contributed by atoms with Crippen molar-refractivity contribution in [3.8, 4) is 5.69 Å². The van der Waals surface area contributed by atoms with Crippen LogP contribution in [0.1, 0.15) is 19.8 Å². The lowest BCUT2D eigenvalue weighted by Gasteiger charge is -2.13. The summed E-state index contributed by atoms with van der Waals surface area (Å²) in [6.07, 6.45) is 2.22. The lowest BCUT2D eigenvalue weighted by atomic mass is 10.2. The molecule has 0 bridgehead atoms. The van der Waals surface area contributed by atoms with Crippen molar-refractivity contribution in [1.82, 2.24) is 15.1 Å². The third-order valence-electron chi connectivity index (χ3n) is 3.78. The number of nitrogens with one attached hydrogen (secondary N) is 1. The van der Waals surface area contributed by atoms with Gasteiger partial charge in [0, 0.05) is 18.2 Å². The first-order valence-electron chi connectivity index (χ1n) is 7.95. The van der Waals surface area contributed by atoms with Crippen molar-refractivity contribution >= 4 is 52.8 Å². The Labute approximate surface area is 164 Å². The average Bonchev–Trinajstić information content (AvgIpc) is 3.23. The van der Waals surface area contributed by atoms with Gasteiger partial charge in [0.05, 0.1) is 17.0 Å². The Morgan fingerprint density at radius 3 is 3.00 bits per heavy atom. The largest absolute Gasteiger partial charge is 0.376 e. The molecule has 0 unspecified atom stereocenters. The van der Waals surface area contributed by atoms with E-state index in [1.807, 2.05) is 19.1 Å². The molecule has 9 heteroatoms. The smallest absolute Gasteiger partial charge is 0.233 e. The fraction of sp³-hybridized carbons (Fsp3) is 0.438. The van der Waals surface area contributed by atoms with E-state index in [4.69, 9.17) is 28.6 Å². The SMILES string of the molecule is C[C@H](Sc1nn(-c2ccc(Cl)cc2)c(=S)s1)C(=O)NC[C@H]1CCCO1. The molecule has 1 N–H and O–H groups in total. The molecule has 25 heavy (non-hydrogen) atoms. The number of carbonyl (C=O) groups is 1. The zero-order valence-electron chi connectivity index (χ0n) is 13.6. The lowest BCUT2D eigenvalue weighted by molar-refractivity contribution is -0.120. The first kappa shape index (κ1) is 18.8. The normalized spacial score (nSPS) is 18.2. The maximum absolute atomic E-state index is 12.2. The molecule has 1 aromatic carbocycles. The summed E-state index contributed by atoms with van der Waals surface area (Å²) in [5.41, 5.74) is 0.855. The number of halogens is 1. The molecule has 0 spiro atoms. The number of nitrogens with zero attached hydrogens (tertiary/aromatic N) is 2. The van der Waals surface area contributed by atoms with E-state index in [1.54, 1.807) is 16.8 Å². The number of benzene rings is 1. The molecule has 1 saturated heterocycles. The summed E-state index contributed by atoms with van der Waals surface area (Å²) in [4.78, 5) is 12.2. The summed E-state index contributed by atoms with van der Waals surface area (Å²) < 4.78 is 8.61. The van der Waals surface area contributed by atoms with Gasteiger partial charge in [-0.15, -0.1) is 5.10 Å². The van der Waals surface area contributed by atoms with Crippen LogP contribution in [-0.2, 0) is 9.53 Å². The van der Waals surface area contributed by atoms with Gasteiger partial charge in [0.2, 0.25) is 5.91 Å². The summed E-state index contributed by atoms with van der Waals surface area (Å²) >= 11 is 14.1. The van der Waals surface area contributed by atoms with Crippen molar-refractivity contribution in [3.05, 3.63) is 33.2 Å². The lowest BCUT2D eigenvalue weighted by Crippen LogP contribution is -2.36. The summed E-state index contributed by atoms with van der Waals surface area (Å²) in [5, 5.41) is 7.88. The van der Waals surface area contributed by atoms with E-state index in [2.05, 4.69) is 10.4 Å². The average molecular weight is 416 g/mol. The van der Waals surface area contributed by atoms with E-state index in [0.717, 1.165) is 29.5 Å². The van der Waals surface area contributed by atoms with E-state index in [9.17, 15) is 4.79 Å². The van der Waals surface area contributed by atoms with Crippen LogP contribution in [0.2, 0.25) is 5.02 Å². The number of rotatable bonds is 6. The molecule has 1 aliphatic heterocycles. The predicted molar refractivity (Wildman–Crippen MR) is 105 cm³/mol. The van der Waals surface area contributed by atoms with Crippen LogP contribution >= 0.6 is 46.9 Å². The van der Waals surface area contributed by atoms with Crippen LogP contribution < -0.4 is 5.32 Å². The Kier molecular flexibility index (Phi) is 6.51. The number of aromatic nitrogens is 2. The Morgan fingerprint density at radius 1 is 1.56 bits per heavy atom. The van der Waals surface area contributed by atoms with Gasteiger partial charge < -0.3 is 10.1 Å². The van der Waals surface area contributed by atoms with E-state index in [1.165, 1.54) is 23.1 Å². The third-order valence-corrected chi connectivity index (χ3v) is 6.44. The summed E-state index contributed by atoms with van der Waals surface area (Å²) in [7, 11) is 0. The molecule has 2 atom stereocenters. The molecule has 134 valence electrons. The minimum absolute atomic E-state index is 0.0142. The van der Waals surface area contributed by atoms with Crippen LogP contribution in [0.5, 0.6) is 0 Å². The maximum atomic E-state index is 12.2. The van der Waals surface area contributed by atoms with Gasteiger partial charge in [-0.05, 0) is 56.2 Å². The number of hydrogen-bond acceptors (Lipinski definition) is 6. The zero-order chi connectivity index (χ0) is 17.8. The third kappa shape index (κ3) is 5.04. The molecule has 0 radical (unpaired) electrons. The van der Waals surface area contributed by atoms with Gasteiger partial charge in [-0.1, -0.05) is 34.7 Å². The van der Waals surface area contributed by atoms with Crippen molar-refractivity contribution in [2.24, 2.45) is 0 Å². The molecule has 0 saturated carbocycles. The van der Waals surface area contributed by atoms with Crippen LogP contribution in [0.4, 0.5) is 0 Å². The molecule has 2 heterocycles.